The van der Waals surface area contributed by atoms with Crippen molar-refractivity contribution in [2.75, 3.05) is 23.7 Å². The number of aromatic nitrogens is 4. The number of aromatic amines is 1. The summed E-state index contributed by atoms with van der Waals surface area (Å²) in [5, 5.41) is 16.5. The van der Waals surface area contributed by atoms with Gasteiger partial charge in [-0.3, -0.25) is 0 Å². The molecule has 2 heterocycles. The number of hydrogen-bond donors (Lipinski definition) is 4. The number of nitrogens with zero attached hydrogens (tertiary/aromatic N) is 3. The molecule has 0 aromatic carbocycles. The predicted octanol–water partition coefficient (Wildman–Crippen LogP) is 1.75. The Hall–Kier alpha value is -1.89. The van der Waals surface area contributed by atoms with Gasteiger partial charge in [0.15, 0.2) is 11.5 Å². The molecular formula is C14H22N6O. The van der Waals surface area contributed by atoms with E-state index in [0.717, 1.165) is 43.7 Å². The smallest absolute Gasteiger partial charge is 0.226 e. The fraction of sp³-hybridized carbons (Fsp3) is 0.643. The van der Waals surface area contributed by atoms with E-state index in [2.05, 4.69) is 30.6 Å². The highest BCUT2D eigenvalue weighted by molar-refractivity contribution is 5.83. The van der Waals surface area contributed by atoms with Crippen LogP contribution in [0.2, 0.25) is 0 Å². The van der Waals surface area contributed by atoms with Crippen LogP contribution in [0.5, 0.6) is 0 Å². The first-order valence-electron chi connectivity index (χ1n) is 7.65. The van der Waals surface area contributed by atoms with Crippen molar-refractivity contribution in [3.8, 4) is 0 Å². The Balaban J connectivity index is 1.77. The number of hydrogen-bond acceptors (Lipinski definition) is 6. The summed E-state index contributed by atoms with van der Waals surface area (Å²) < 4.78 is 0. The zero-order chi connectivity index (χ0) is 14.7. The Labute approximate surface area is 123 Å². The number of rotatable bonds is 5. The lowest BCUT2D eigenvalue weighted by molar-refractivity contribution is 0.0763. The van der Waals surface area contributed by atoms with Crippen LogP contribution in [0.3, 0.4) is 0 Å². The summed E-state index contributed by atoms with van der Waals surface area (Å²) in [6.45, 7) is 3.48. The number of imidazole rings is 1. The van der Waals surface area contributed by atoms with Gasteiger partial charge in [-0.05, 0) is 19.8 Å². The molecule has 2 aromatic heterocycles. The first kappa shape index (κ1) is 14.1. The maximum Gasteiger partial charge on any atom is 0.226 e. The van der Waals surface area contributed by atoms with Gasteiger partial charge < -0.3 is 20.7 Å². The molecule has 0 saturated heterocycles. The molecule has 2 atom stereocenters. The van der Waals surface area contributed by atoms with E-state index in [-0.39, 0.29) is 12.0 Å². The molecule has 0 bridgehead atoms. The van der Waals surface area contributed by atoms with E-state index >= 15 is 0 Å². The van der Waals surface area contributed by atoms with E-state index in [1.807, 2.05) is 6.92 Å². The van der Waals surface area contributed by atoms with Gasteiger partial charge in [-0.15, -0.1) is 0 Å². The molecule has 2 unspecified atom stereocenters. The van der Waals surface area contributed by atoms with Crippen molar-refractivity contribution in [1.82, 2.24) is 19.9 Å². The van der Waals surface area contributed by atoms with Crippen LogP contribution in [0.1, 0.15) is 32.6 Å². The van der Waals surface area contributed by atoms with Crippen LogP contribution in [-0.2, 0) is 0 Å². The standard InChI is InChI=1S/C14H22N6O/c1-2-15-14-19-12(11-13(20-14)18-8-17-11)16-7-9-5-3-4-6-10(9)21/h8-10,21H,2-7H2,1H3,(H3,15,16,17,18,19,20). The van der Waals surface area contributed by atoms with Gasteiger partial charge in [-0.2, -0.15) is 9.97 Å². The van der Waals surface area contributed by atoms with E-state index in [1.165, 1.54) is 6.42 Å². The molecule has 2 aromatic rings. The average Bonchev–Trinajstić information content (AvgIpc) is 2.95. The molecule has 0 spiro atoms. The second-order valence-corrected chi connectivity index (χ2v) is 5.52. The third kappa shape index (κ3) is 3.07. The van der Waals surface area contributed by atoms with Gasteiger partial charge in [0.05, 0.1) is 12.4 Å². The normalized spacial score (nSPS) is 22.4. The van der Waals surface area contributed by atoms with Crippen molar-refractivity contribution in [2.45, 2.75) is 38.7 Å². The highest BCUT2D eigenvalue weighted by Crippen LogP contribution is 2.25. The molecular weight excluding hydrogens is 268 g/mol. The number of nitrogens with one attached hydrogen (secondary N) is 3. The molecule has 0 aliphatic heterocycles. The summed E-state index contributed by atoms with van der Waals surface area (Å²) in [5.74, 6) is 1.60. The van der Waals surface area contributed by atoms with Gasteiger partial charge in [0.2, 0.25) is 5.95 Å². The molecule has 1 aliphatic carbocycles. The molecule has 114 valence electrons. The van der Waals surface area contributed by atoms with Gasteiger partial charge in [-0.25, -0.2) is 4.98 Å². The van der Waals surface area contributed by atoms with Crippen LogP contribution >= 0.6 is 0 Å². The van der Waals surface area contributed by atoms with Crippen LogP contribution in [0.25, 0.3) is 11.2 Å². The van der Waals surface area contributed by atoms with Crippen LogP contribution in [0.4, 0.5) is 11.8 Å². The predicted molar refractivity (Wildman–Crippen MR) is 82.3 cm³/mol. The number of aliphatic hydroxyl groups is 1. The molecule has 0 radical (unpaired) electrons. The number of aliphatic hydroxyl groups excluding tert-OH is 1. The quantitative estimate of drug-likeness (QED) is 0.669. The minimum atomic E-state index is -0.210. The van der Waals surface area contributed by atoms with E-state index in [4.69, 9.17) is 0 Å². The van der Waals surface area contributed by atoms with E-state index in [9.17, 15) is 5.11 Å². The fourth-order valence-electron chi connectivity index (χ4n) is 2.85. The molecule has 1 saturated carbocycles. The lowest BCUT2D eigenvalue weighted by Gasteiger charge is -2.27. The zero-order valence-corrected chi connectivity index (χ0v) is 12.3. The van der Waals surface area contributed by atoms with Crippen LogP contribution < -0.4 is 10.6 Å². The van der Waals surface area contributed by atoms with Crippen LogP contribution in [0.15, 0.2) is 6.33 Å². The van der Waals surface area contributed by atoms with Gasteiger partial charge in [0.25, 0.3) is 0 Å². The van der Waals surface area contributed by atoms with Crippen molar-refractivity contribution in [2.24, 2.45) is 5.92 Å². The first-order valence-corrected chi connectivity index (χ1v) is 7.65. The van der Waals surface area contributed by atoms with Gasteiger partial charge in [0.1, 0.15) is 5.52 Å². The Bertz CT molecular complexity index is 598. The van der Waals surface area contributed by atoms with Crippen molar-refractivity contribution in [1.29, 1.82) is 0 Å². The number of fused-ring (bicyclic) bond motifs is 1. The molecule has 3 rings (SSSR count). The summed E-state index contributed by atoms with van der Waals surface area (Å²) in [4.78, 5) is 16.1. The van der Waals surface area contributed by atoms with E-state index in [1.54, 1.807) is 6.33 Å². The third-order valence-electron chi connectivity index (χ3n) is 4.02. The van der Waals surface area contributed by atoms with Crippen molar-refractivity contribution < 1.29 is 5.11 Å². The van der Waals surface area contributed by atoms with Gasteiger partial charge in [-0.1, -0.05) is 12.8 Å². The second kappa shape index (κ2) is 6.26. The Morgan fingerprint density at radius 3 is 2.95 bits per heavy atom. The maximum atomic E-state index is 10.1. The lowest BCUT2D eigenvalue weighted by atomic mass is 9.86. The monoisotopic (exact) mass is 290 g/mol. The lowest BCUT2D eigenvalue weighted by Crippen LogP contribution is -2.30. The SMILES string of the molecule is CCNc1nc(NCC2CCCCC2O)c2[nH]cnc2n1. The van der Waals surface area contributed by atoms with E-state index < -0.39 is 0 Å². The van der Waals surface area contributed by atoms with Crippen molar-refractivity contribution >= 4 is 22.9 Å². The molecule has 1 fully saturated rings. The Kier molecular flexibility index (Phi) is 4.19. The molecule has 7 nitrogen and oxygen atoms in total. The Morgan fingerprint density at radius 2 is 2.14 bits per heavy atom. The molecule has 1 aliphatic rings. The molecule has 7 heteroatoms. The largest absolute Gasteiger partial charge is 0.393 e. The highest BCUT2D eigenvalue weighted by atomic mass is 16.3. The first-order chi connectivity index (χ1) is 10.3. The Morgan fingerprint density at radius 1 is 1.29 bits per heavy atom. The average molecular weight is 290 g/mol. The van der Waals surface area contributed by atoms with Crippen molar-refractivity contribution in [3.05, 3.63) is 6.33 Å². The van der Waals surface area contributed by atoms with Gasteiger partial charge in [0, 0.05) is 19.0 Å². The zero-order valence-electron chi connectivity index (χ0n) is 12.3. The second-order valence-electron chi connectivity index (χ2n) is 5.52. The third-order valence-corrected chi connectivity index (χ3v) is 4.02. The van der Waals surface area contributed by atoms with Crippen LogP contribution in [-0.4, -0.2) is 44.2 Å². The topological polar surface area (TPSA) is 98.8 Å². The summed E-state index contributed by atoms with van der Waals surface area (Å²) >= 11 is 0. The van der Waals surface area contributed by atoms with Gasteiger partial charge >= 0.3 is 0 Å². The fourth-order valence-corrected chi connectivity index (χ4v) is 2.85. The maximum absolute atomic E-state index is 10.1. The molecule has 0 amide bonds. The summed E-state index contributed by atoms with van der Waals surface area (Å²) in [5.41, 5.74) is 1.45. The molecule has 4 N–H and O–H groups in total. The van der Waals surface area contributed by atoms with E-state index in [0.29, 0.717) is 11.6 Å². The summed E-state index contributed by atoms with van der Waals surface area (Å²) in [7, 11) is 0. The molecule has 21 heavy (non-hydrogen) atoms. The van der Waals surface area contributed by atoms with Crippen LogP contribution in [0, 0.1) is 5.92 Å². The number of anilines is 2. The minimum Gasteiger partial charge on any atom is -0.393 e. The van der Waals surface area contributed by atoms with Crippen molar-refractivity contribution in [3.63, 3.8) is 0 Å². The summed E-state index contributed by atoms with van der Waals surface area (Å²) in [6.07, 6.45) is 5.69. The summed E-state index contributed by atoms with van der Waals surface area (Å²) in [6, 6.07) is 0. The minimum absolute atomic E-state index is 0.210. The highest BCUT2D eigenvalue weighted by Gasteiger charge is 2.23. The number of H-pyrrole nitrogens is 1.